The van der Waals surface area contributed by atoms with Crippen LogP contribution in [-0.2, 0) is 24.2 Å². The summed E-state index contributed by atoms with van der Waals surface area (Å²) in [6.45, 7) is 0.341. The van der Waals surface area contributed by atoms with Crippen molar-refractivity contribution in [3.05, 3.63) is 42.5 Å². The van der Waals surface area contributed by atoms with E-state index in [0.717, 1.165) is 36.5 Å². The van der Waals surface area contributed by atoms with Crippen molar-refractivity contribution in [3.63, 3.8) is 0 Å². The minimum absolute atomic E-state index is 0.153. The second kappa shape index (κ2) is 8.97. The molecule has 0 bridgehead atoms. The van der Waals surface area contributed by atoms with Crippen molar-refractivity contribution >= 4 is 26.9 Å². The first-order chi connectivity index (χ1) is 15.5. The van der Waals surface area contributed by atoms with Crippen molar-refractivity contribution in [2.45, 2.75) is 67.4 Å². The normalized spacial score (nSPS) is 28.5. The van der Waals surface area contributed by atoms with Crippen LogP contribution < -0.4 is 10.0 Å². The molecule has 1 saturated carbocycles. The van der Waals surface area contributed by atoms with E-state index in [1.807, 2.05) is 24.3 Å². The summed E-state index contributed by atoms with van der Waals surface area (Å²) in [6, 6.07) is 12.2. The summed E-state index contributed by atoms with van der Waals surface area (Å²) >= 11 is 0. The number of nitrogens with one attached hydrogen (secondary N) is 2. The monoisotopic (exact) mass is 460 g/mol. The Hall–Kier alpha value is -2.20. The highest BCUT2D eigenvalue weighted by atomic mass is 32.2. The highest BCUT2D eigenvalue weighted by Crippen LogP contribution is 2.30. The fourth-order valence-corrected chi connectivity index (χ4v) is 6.12. The van der Waals surface area contributed by atoms with E-state index in [1.54, 1.807) is 18.2 Å². The molecule has 2 heterocycles. The van der Waals surface area contributed by atoms with E-state index in [-0.39, 0.29) is 24.2 Å². The standard InChI is InChI=1S/C23H28N2O6S/c26-23(24-17-8-2-1-3-9-17)31-20-14-30-21-19(13-29-22(20)21)25-32(27,28)18-11-10-15-6-4-5-7-16(15)12-18/h4-7,10-12,17,19-22,25H,1-3,8-9,13-14H2,(H,24,26). The molecule has 0 spiro atoms. The Morgan fingerprint density at radius 3 is 2.50 bits per heavy atom. The van der Waals surface area contributed by atoms with Crippen molar-refractivity contribution in [1.82, 2.24) is 10.0 Å². The lowest BCUT2D eigenvalue weighted by Crippen LogP contribution is -2.45. The van der Waals surface area contributed by atoms with Gasteiger partial charge in [0.15, 0.2) is 6.10 Å². The quantitative estimate of drug-likeness (QED) is 0.711. The predicted molar refractivity (Wildman–Crippen MR) is 118 cm³/mol. The number of amides is 1. The molecule has 5 rings (SSSR count). The molecule has 3 fully saturated rings. The van der Waals surface area contributed by atoms with Crippen LogP contribution in [-0.4, -0.2) is 58.1 Å². The molecule has 4 unspecified atom stereocenters. The van der Waals surface area contributed by atoms with Gasteiger partial charge in [0.25, 0.3) is 0 Å². The van der Waals surface area contributed by atoms with Gasteiger partial charge in [0.05, 0.1) is 24.2 Å². The number of ether oxygens (including phenoxy) is 3. The lowest BCUT2D eigenvalue weighted by Gasteiger charge is -2.24. The van der Waals surface area contributed by atoms with Crippen LogP contribution in [0.2, 0.25) is 0 Å². The van der Waals surface area contributed by atoms with Crippen LogP contribution in [0, 0.1) is 0 Å². The van der Waals surface area contributed by atoms with E-state index >= 15 is 0 Å². The highest BCUT2D eigenvalue weighted by molar-refractivity contribution is 7.89. The molecule has 2 aromatic rings. The number of carbonyl (C=O) groups is 1. The molecule has 1 aliphatic carbocycles. The van der Waals surface area contributed by atoms with Crippen LogP contribution in [0.1, 0.15) is 32.1 Å². The van der Waals surface area contributed by atoms with E-state index in [1.165, 1.54) is 6.42 Å². The average molecular weight is 461 g/mol. The number of hydrogen-bond acceptors (Lipinski definition) is 6. The van der Waals surface area contributed by atoms with Gasteiger partial charge in [-0.3, -0.25) is 0 Å². The van der Waals surface area contributed by atoms with Gasteiger partial charge in [-0.05, 0) is 35.7 Å². The van der Waals surface area contributed by atoms with E-state index in [9.17, 15) is 13.2 Å². The minimum atomic E-state index is -3.76. The average Bonchev–Trinajstić information content (AvgIpc) is 3.37. The third-order valence-corrected chi connectivity index (χ3v) is 8.02. The number of fused-ring (bicyclic) bond motifs is 2. The number of rotatable bonds is 5. The maximum Gasteiger partial charge on any atom is 0.407 e. The van der Waals surface area contributed by atoms with E-state index in [0.29, 0.717) is 0 Å². The van der Waals surface area contributed by atoms with Gasteiger partial charge in [0, 0.05) is 6.04 Å². The Labute approximate surface area is 187 Å². The summed E-state index contributed by atoms with van der Waals surface area (Å²) in [5, 5.41) is 4.75. The summed E-state index contributed by atoms with van der Waals surface area (Å²) < 4.78 is 45.8. The molecule has 9 heteroatoms. The Morgan fingerprint density at radius 2 is 1.69 bits per heavy atom. The first-order valence-electron chi connectivity index (χ1n) is 11.2. The lowest BCUT2D eigenvalue weighted by atomic mass is 9.96. The van der Waals surface area contributed by atoms with Crippen LogP contribution in [0.4, 0.5) is 4.79 Å². The zero-order valence-electron chi connectivity index (χ0n) is 17.7. The first kappa shape index (κ1) is 21.6. The van der Waals surface area contributed by atoms with Gasteiger partial charge < -0.3 is 19.5 Å². The van der Waals surface area contributed by atoms with Crippen LogP contribution >= 0.6 is 0 Å². The number of sulfonamides is 1. The molecule has 2 saturated heterocycles. The van der Waals surface area contributed by atoms with Gasteiger partial charge in [0.1, 0.15) is 12.2 Å². The van der Waals surface area contributed by atoms with Gasteiger partial charge in [-0.2, -0.15) is 0 Å². The number of benzene rings is 2. The maximum absolute atomic E-state index is 13.0. The van der Waals surface area contributed by atoms with Gasteiger partial charge in [0.2, 0.25) is 10.0 Å². The van der Waals surface area contributed by atoms with Crippen LogP contribution in [0.3, 0.4) is 0 Å². The Morgan fingerprint density at radius 1 is 0.938 bits per heavy atom. The van der Waals surface area contributed by atoms with Crippen LogP contribution in [0.15, 0.2) is 47.4 Å². The first-order valence-corrected chi connectivity index (χ1v) is 12.7. The molecule has 0 aromatic heterocycles. The molecule has 3 aliphatic rings. The SMILES string of the molecule is O=C(NC1CCCCC1)OC1COC2C(NS(=O)(=O)c3ccc4ccccc4c3)COC12. The molecule has 1 amide bonds. The number of carbonyl (C=O) groups excluding carboxylic acids is 1. The summed E-state index contributed by atoms with van der Waals surface area (Å²) in [5.41, 5.74) is 0. The van der Waals surface area contributed by atoms with E-state index in [2.05, 4.69) is 10.0 Å². The molecule has 172 valence electrons. The molecule has 0 radical (unpaired) electrons. The van der Waals surface area contributed by atoms with Crippen molar-refractivity contribution in [1.29, 1.82) is 0 Å². The van der Waals surface area contributed by atoms with Crippen LogP contribution in [0.25, 0.3) is 10.8 Å². The molecule has 2 N–H and O–H groups in total. The maximum atomic E-state index is 13.0. The smallest absolute Gasteiger partial charge is 0.407 e. The lowest BCUT2D eigenvalue weighted by molar-refractivity contribution is 0.00281. The van der Waals surface area contributed by atoms with Crippen molar-refractivity contribution in [2.75, 3.05) is 13.2 Å². The number of hydrogen-bond donors (Lipinski definition) is 2. The van der Waals surface area contributed by atoms with Gasteiger partial charge in [-0.15, -0.1) is 0 Å². The van der Waals surface area contributed by atoms with E-state index < -0.39 is 40.5 Å². The fraction of sp³-hybridized carbons (Fsp3) is 0.522. The topological polar surface area (TPSA) is 103 Å². The Kier molecular flexibility index (Phi) is 6.07. The van der Waals surface area contributed by atoms with Crippen molar-refractivity contribution in [2.24, 2.45) is 0 Å². The molecular formula is C23H28N2O6S. The van der Waals surface area contributed by atoms with Crippen LogP contribution in [0.5, 0.6) is 0 Å². The highest BCUT2D eigenvalue weighted by Gasteiger charge is 2.50. The molecule has 8 nitrogen and oxygen atoms in total. The van der Waals surface area contributed by atoms with E-state index in [4.69, 9.17) is 14.2 Å². The molecule has 32 heavy (non-hydrogen) atoms. The third-order valence-electron chi connectivity index (χ3n) is 6.53. The summed E-state index contributed by atoms with van der Waals surface area (Å²) in [5.74, 6) is 0. The molecular weight excluding hydrogens is 432 g/mol. The molecule has 2 aromatic carbocycles. The largest absolute Gasteiger partial charge is 0.441 e. The summed E-state index contributed by atoms with van der Waals surface area (Å²) in [6.07, 6.45) is 3.37. The zero-order chi connectivity index (χ0) is 22.1. The third kappa shape index (κ3) is 4.47. The fourth-order valence-electron chi connectivity index (χ4n) is 4.85. The number of alkyl carbamates (subject to hydrolysis) is 1. The Balaban J connectivity index is 1.20. The minimum Gasteiger partial charge on any atom is -0.441 e. The zero-order valence-corrected chi connectivity index (χ0v) is 18.6. The van der Waals surface area contributed by atoms with Gasteiger partial charge in [-0.1, -0.05) is 49.6 Å². The van der Waals surface area contributed by atoms with Gasteiger partial charge in [-0.25, -0.2) is 17.9 Å². The molecule has 4 atom stereocenters. The second-order valence-corrected chi connectivity index (χ2v) is 10.5. The predicted octanol–water partition coefficient (Wildman–Crippen LogP) is 2.71. The Bertz CT molecular complexity index is 1080. The summed E-state index contributed by atoms with van der Waals surface area (Å²) in [7, 11) is -3.76. The van der Waals surface area contributed by atoms with Gasteiger partial charge >= 0.3 is 6.09 Å². The van der Waals surface area contributed by atoms with Crippen molar-refractivity contribution < 1.29 is 27.4 Å². The molecule has 2 aliphatic heterocycles. The second-order valence-electron chi connectivity index (χ2n) is 8.76. The van der Waals surface area contributed by atoms with Crippen molar-refractivity contribution in [3.8, 4) is 0 Å². The summed E-state index contributed by atoms with van der Waals surface area (Å²) in [4.78, 5) is 12.5.